The van der Waals surface area contributed by atoms with Gasteiger partial charge in [0, 0.05) is 5.69 Å². The van der Waals surface area contributed by atoms with E-state index in [2.05, 4.69) is 5.32 Å². The molecule has 0 atom stereocenters. The first-order chi connectivity index (χ1) is 9.90. The highest BCUT2D eigenvalue weighted by Gasteiger charge is 2.24. The predicted molar refractivity (Wildman–Crippen MR) is 74.5 cm³/mol. The van der Waals surface area contributed by atoms with E-state index in [1.165, 1.54) is 24.3 Å². The Morgan fingerprint density at radius 3 is 2.62 bits per heavy atom. The van der Waals surface area contributed by atoms with Crippen molar-refractivity contribution in [1.82, 2.24) is 0 Å². The molecule has 21 heavy (non-hydrogen) atoms. The molecule has 7 heteroatoms. The number of nitrogens with one attached hydrogen (secondary N) is 1. The van der Waals surface area contributed by atoms with Crippen LogP contribution in [-0.2, 0) is 0 Å². The van der Waals surface area contributed by atoms with Crippen LogP contribution in [0.25, 0.3) is 0 Å². The number of para-hydroxylation sites is 1. The molecule has 0 unspecified atom stereocenters. The molecular formula is C14H11FN2O4. The molecule has 0 amide bonds. The predicted octanol–water partition coefficient (Wildman–Crippen LogP) is 3.48. The van der Waals surface area contributed by atoms with E-state index in [0.29, 0.717) is 11.3 Å². The summed E-state index contributed by atoms with van der Waals surface area (Å²) in [5.41, 5.74) is -0.273. The summed E-state index contributed by atoms with van der Waals surface area (Å²) >= 11 is 0. The fourth-order valence-electron chi connectivity index (χ4n) is 1.84. The van der Waals surface area contributed by atoms with Crippen molar-refractivity contribution >= 4 is 23.0 Å². The molecule has 2 aromatic carbocycles. The van der Waals surface area contributed by atoms with Gasteiger partial charge in [-0.2, -0.15) is 0 Å². The number of halogens is 1. The molecule has 0 heterocycles. The number of carbonyl (C=O) groups is 1. The van der Waals surface area contributed by atoms with Gasteiger partial charge in [0.1, 0.15) is 17.1 Å². The molecule has 6 nitrogen and oxygen atoms in total. The van der Waals surface area contributed by atoms with Gasteiger partial charge in [-0.1, -0.05) is 12.1 Å². The lowest BCUT2D eigenvalue weighted by Gasteiger charge is -2.09. The van der Waals surface area contributed by atoms with Crippen LogP contribution in [-0.4, -0.2) is 16.0 Å². The molecule has 2 rings (SSSR count). The Kier molecular flexibility index (Phi) is 3.84. The number of carboxylic acid groups (broad SMARTS) is 1. The highest BCUT2D eigenvalue weighted by Crippen LogP contribution is 2.31. The van der Waals surface area contributed by atoms with E-state index in [9.17, 15) is 19.3 Å². The highest BCUT2D eigenvalue weighted by atomic mass is 19.1. The molecule has 0 aromatic heterocycles. The molecule has 0 aliphatic carbocycles. The van der Waals surface area contributed by atoms with Gasteiger partial charge in [0.15, 0.2) is 0 Å². The summed E-state index contributed by atoms with van der Waals surface area (Å²) in [6.07, 6.45) is 0. The van der Waals surface area contributed by atoms with Gasteiger partial charge in [0.2, 0.25) is 0 Å². The van der Waals surface area contributed by atoms with Crippen molar-refractivity contribution in [1.29, 1.82) is 0 Å². The van der Waals surface area contributed by atoms with Gasteiger partial charge in [-0.15, -0.1) is 0 Å². The molecular weight excluding hydrogens is 279 g/mol. The average Bonchev–Trinajstić information content (AvgIpc) is 2.42. The van der Waals surface area contributed by atoms with Crippen LogP contribution in [0.4, 0.5) is 21.5 Å². The second-order valence-electron chi connectivity index (χ2n) is 4.35. The number of aromatic carboxylic acids is 1. The second-order valence-corrected chi connectivity index (χ2v) is 4.35. The van der Waals surface area contributed by atoms with Crippen LogP contribution in [0, 0.1) is 22.9 Å². The number of nitro benzene ring substituents is 1. The minimum atomic E-state index is -1.40. The third-order valence-electron chi connectivity index (χ3n) is 2.90. The lowest BCUT2D eigenvalue weighted by Crippen LogP contribution is -2.05. The van der Waals surface area contributed by atoms with Crippen molar-refractivity contribution in [3.63, 3.8) is 0 Å². The van der Waals surface area contributed by atoms with E-state index in [-0.39, 0.29) is 5.69 Å². The van der Waals surface area contributed by atoms with Crippen molar-refractivity contribution in [3.05, 3.63) is 63.5 Å². The zero-order valence-corrected chi connectivity index (χ0v) is 11.0. The van der Waals surface area contributed by atoms with Crippen LogP contribution < -0.4 is 5.32 Å². The molecule has 0 spiro atoms. The Labute approximate surface area is 119 Å². The molecule has 0 saturated heterocycles. The molecule has 0 radical (unpaired) electrons. The summed E-state index contributed by atoms with van der Waals surface area (Å²) in [6.45, 7) is 1.59. The van der Waals surface area contributed by atoms with Crippen LogP contribution in [0.2, 0.25) is 0 Å². The monoisotopic (exact) mass is 290 g/mol. The molecule has 2 aromatic rings. The number of nitro groups is 1. The first-order valence-corrected chi connectivity index (χ1v) is 5.94. The summed E-state index contributed by atoms with van der Waals surface area (Å²) in [5, 5.41) is 22.8. The van der Waals surface area contributed by atoms with Crippen molar-refractivity contribution < 1.29 is 19.2 Å². The fraction of sp³-hybridized carbons (Fsp3) is 0.0714. The van der Waals surface area contributed by atoms with Gasteiger partial charge < -0.3 is 10.4 Å². The Morgan fingerprint density at radius 2 is 2.05 bits per heavy atom. The molecule has 2 N–H and O–H groups in total. The van der Waals surface area contributed by atoms with Gasteiger partial charge in [-0.05, 0) is 36.8 Å². The quantitative estimate of drug-likeness (QED) is 0.664. The van der Waals surface area contributed by atoms with E-state index in [4.69, 9.17) is 5.11 Å². The van der Waals surface area contributed by atoms with Crippen LogP contribution in [0.5, 0.6) is 0 Å². The molecule has 0 fully saturated rings. The summed E-state index contributed by atoms with van der Waals surface area (Å²) < 4.78 is 13.5. The number of nitrogens with zero attached hydrogens (tertiary/aromatic N) is 1. The maximum atomic E-state index is 13.5. The van der Waals surface area contributed by atoms with Crippen molar-refractivity contribution in [2.24, 2.45) is 0 Å². The number of anilines is 2. The van der Waals surface area contributed by atoms with Gasteiger partial charge in [-0.3, -0.25) is 10.1 Å². The van der Waals surface area contributed by atoms with Gasteiger partial charge >= 0.3 is 11.7 Å². The molecule has 108 valence electrons. The van der Waals surface area contributed by atoms with E-state index < -0.39 is 28.0 Å². The van der Waals surface area contributed by atoms with Crippen LogP contribution in [0.1, 0.15) is 15.9 Å². The van der Waals surface area contributed by atoms with Gasteiger partial charge in [0.05, 0.1) is 4.92 Å². The number of hydrogen-bond acceptors (Lipinski definition) is 4. The van der Waals surface area contributed by atoms with Gasteiger partial charge in [0.25, 0.3) is 0 Å². The number of carboxylic acids is 1. The Balaban J connectivity index is 2.48. The zero-order valence-electron chi connectivity index (χ0n) is 11.0. The Morgan fingerprint density at radius 1 is 1.33 bits per heavy atom. The lowest BCUT2D eigenvalue weighted by atomic mass is 10.1. The third kappa shape index (κ3) is 2.97. The first-order valence-electron chi connectivity index (χ1n) is 5.94. The van der Waals surface area contributed by atoms with E-state index >= 15 is 0 Å². The number of rotatable bonds is 4. The summed E-state index contributed by atoms with van der Waals surface area (Å²) in [5.74, 6) is -1.86. The second kappa shape index (κ2) is 5.58. The van der Waals surface area contributed by atoms with Crippen LogP contribution in [0.15, 0.2) is 36.4 Å². The van der Waals surface area contributed by atoms with E-state index in [1.54, 1.807) is 13.0 Å². The molecule has 0 bridgehead atoms. The summed E-state index contributed by atoms with van der Waals surface area (Å²) in [4.78, 5) is 21.3. The third-order valence-corrected chi connectivity index (χ3v) is 2.90. The largest absolute Gasteiger partial charge is 0.477 e. The molecule has 0 aliphatic rings. The van der Waals surface area contributed by atoms with Crippen LogP contribution >= 0.6 is 0 Å². The average molecular weight is 290 g/mol. The smallest absolute Gasteiger partial charge is 0.342 e. The maximum absolute atomic E-state index is 13.5. The van der Waals surface area contributed by atoms with Crippen LogP contribution in [0.3, 0.4) is 0 Å². The minimum absolute atomic E-state index is 0.0110. The van der Waals surface area contributed by atoms with Crippen molar-refractivity contribution in [3.8, 4) is 0 Å². The van der Waals surface area contributed by atoms with E-state index in [1.807, 2.05) is 0 Å². The minimum Gasteiger partial charge on any atom is -0.477 e. The SMILES string of the molecule is Cc1ccc(Nc2cccc(C(=O)O)c2[N+](=O)[O-])cc1F. The molecule has 0 aliphatic heterocycles. The normalized spacial score (nSPS) is 10.2. The number of hydrogen-bond donors (Lipinski definition) is 2. The number of benzene rings is 2. The first kappa shape index (κ1) is 14.4. The Hall–Kier alpha value is -2.96. The molecule has 0 saturated carbocycles. The number of aryl methyl sites for hydroxylation is 1. The lowest BCUT2D eigenvalue weighted by molar-refractivity contribution is -0.384. The highest BCUT2D eigenvalue weighted by molar-refractivity contribution is 5.96. The van der Waals surface area contributed by atoms with E-state index in [0.717, 1.165) is 6.07 Å². The van der Waals surface area contributed by atoms with Gasteiger partial charge in [-0.25, -0.2) is 9.18 Å². The fourth-order valence-corrected chi connectivity index (χ4v) is 1.84. The summed E-state index contributed by atoms with van der Waals surface area (Å²) in [7, 11) is 0. The zero-order chi connectivity index (χ0) is 15.6. The topological polar surface area (TPSA) is 92.5 Å². The van der Waals surface area contributed by atoms with Crippen molar-refractivity contribution in [2.45, 2.75) is 6.92 Å². The standard InChI is InChI=1S/C14H11FN2O4/c1-8-5-6-9(7-11(8)15)16-12-4-2-3-10(14(18)19)13(12)17(20)21/h2-7,16H,1H3,(H,18,19). The summed E-state index contributed by atoms with van der Waals surface area (Å²) in [6, 6.07) is 8.14. The van der Waals surface area contributed by atoms with Crippen molar-refractivity contribution in [2.75, 3.05) is 5.32 Å². The Bertz CT molecular complexity index is 731. The maximum Gasteiger partial charge on any atom is 0.342 e.